The maximum atomic E-state index is 5.06. The lowest BCUT2D eigenvalue weighted by molar-refractivity contribution is 0.368. The first kappa shape index (κ1) is 10.7. The Kier molecular flexibility index (Phi) is 2.89. The average Bonchev–Trinajstić information content (AvgIpc) is 2.77. The zero-order chi connectivity index (χ0) is 11.5. The summed E-state index contributed by atoms with van der Waals surface area (Å²) in [6.45, 7) is 6.47. The van der Waals surface area contributed by atoms with E-state index < -0.39 is 0 Å². The Hall–Kier alpha value is -1.85. The molecule has 0 saturated carbocycles. The van der Waals surface area contributed by atoms with Crippen LogP contribution in [0.15, 0.2) is 16.9 Å². The van der Waals surface area contributed by atoms with E-state index in [-0.39, 0.29) is 0 Å². The highest BCUT2D eigenvalue weighted by Crippen LogP contribution is 2.09. The van der Waals surface area contributed by atoms with Gasteiger partial charge in [0.1, 0.15) is 6.54 Å². The molecule has 0 saturated heterocycles. The smallest absolute Gasteiger partial charge is 0.246 e. The molecule has 0 atom stereocenters. The third kappa shape index (κ3) is 2.39. The van der Waals surface area contributed by atoms with Gasteiger partial charge in [0.15, 0.2) is 5.82 Å². The SMILES string of the molecule is Cc1noc(Cn2ccnc2NC(C)C)n1. The number of imidazole rings is 1. The van der Waals surface area contributed by atoms with Crippen LogP contribution in [0.3, 0.4) is 0 Å². The van der Waals surface area contributed by atoms with Crippen LogP contribution >= 0.6 is 0 Å². The molecule has 16 heavy (non-hydrogen) atoms. The Morgan fingerprint density at radius 1 is 1.50 bits per heavy atom. The van der Waals surface area contributed by atoms with Gasteiger partial charge in [-0.05, 0) is 20.8 Å². The van der Waals surface area contributed by atoms with Gasteiger partial charge in [0.2, 0.25) is 11.8 Å². The first-order chi connectivity index (χ1) is 7.65. The Bertz CT molecular complexity index is 459. The molecule has 0 amide bonds. The van der Waals surface area contributed by atoms with E-state index in [0.717, 1.165) is 5.95 Å². The molecule has 0 aliphatic rings. The van der Waals surface area contributed by atoms with E-state index in [1.807, 2.05) is 10.8 Å². The zero-order valence-corrected chi connectivity index (χ0v) is 9.64. The second-order valence-corrected chi connectivity index (χ2v) is 3.91. The minimum Gasteiger partial charge on any atom is -0.353 e. The summed E-state index contributed by atoms with van der Waals surface area (Å²) in [6.07, 6.45) is 3.62. The second-order valence-electron chi connectivity index (χ2n) is 3.91. The number of nitrogens with zero attached hydrogens (tertiary/aromatic N) is 4. The van der Waals surface area contributed by atoms with E-state index >= 15 is 0 Å². The molecule has 0 spiro atoms. The topological polar surface area (TPSA) is 68.8 Å². The molecule has 1 N–H and O–H groups in total. The van der Waals surface area contributed by atoms with Crippen LogP contribution in [0, 0.1) is 6.92 Å². The van der Waals surface area contributed by atoms with Crippen LogP contribution in [-0.2, 0) is 6.54 Å². The number of hydrogen-bond donors (Lipinski definition) is 1. The van der Waals surface area contributed by atoms with Crippen molar-refractivity contribution in [1.82, 2.24) is 19.7 Å². The predicted molar refractivity (Wildman–Crippen MR) is 59.1 cm³/mol. The number of anilines is 1. The molecule has 2 aromatic heterocycles. The zero-order valence-electron chi connectivity index (χ0n) is 9.64. The van der Waals surface area contributed by atoms with Crippen LogP contribution in [-0.4, -0.2) is 25.7 Å². The molecular formula is C10H15N5O. The van der Waals surface area contributed by atoms with Crippen molar-refractivity contribution in [2.45, 2.75) is 33.4 Å². The highest BCUT2D eigenvalue weighted by Gasteiger charge is 2.08. The van der Waals surface area contributed by atoms with Crippen molar-refractivity contribution >= 4 is 5.95 Å². The van der Waals surface area contributed by atoms with Crippen molar-refractivity contribution in [3.05, 3.63) is 24.1 Å². The molecule has 86 valence electrons. The van der Waals surface area contributed by atoms with E-state index in [4.69, 9.17) is 4.52 Å². The molecule has 2 rings (SSSR count). The Labute approximate surface area is 93.7 Å². The molecule has 0 radical (unpaired) electrons. The van der Waals surface area contributed by atoms with Crippen molar-refractivity contribution < 1.29 is 4.52 Å². The first-order valence-electron chi connectivity index (χ1n) is 5.22. The summed E-state index contributed by atoms with van der Waals surface area (Å²) in [5, 5.41) is 6.99. The third-order valence-corrected chi connectivity index (χ3v) is 2.01. The van der Waals surface area contributed by atoms with E-state index in [2.05, 4.69) is 34.3 Å². The van der Waals surface area contributed by atoms with Gasteiger partial charge in [0.05, 0.1) is 0 Å². The van der Waals surface area contributed by atoms with Gasteiger partial charge in [-0.1, -0.05) is 5.16 Å². The van der Waals surface area contributed by atoms with Crippen LogP contribution in [0.1, 0.15) is 25.6 Å². The lowest BCUT2D eigenvalue weighted by atomic mass is 10.4. The van der Waals surface area contributed by atoms with Crippen LogP contribution in [0.4, 0.5) is 5.95 Å². The molecule has 0 fully saturated rings. The largest absolute Gasteiger partial charge is 0.353 e. The lowest BCUT2D eigenvalue weighted by Gasteiger charge is -2.10. The summed E-state index contributed by atoms with van der Waals surface area (Å²) < 4.78 is 7.00. The van der Waals surface area contributed by atoms with Crippen LogP contribution in [0.25, 0.3) is 0 Å². The molecule has 6 heteroatoms. The molecule has 0 aliphatic heterocycles. The van der Waals surface area contributed by atoms with E-state index in [1.54, 1.807) is 13.1 Å². The molecule has 6 nitrogen and oxygen atoms in total. The Morgan fingerprint density at radius 3 is 2.94 bits per heavy atom. The quantitative estimate of drug-likeness (QED) is 0.846. The molecule has 0 aliphatic carbocycles. The summed E-state index contributed by atoms with van der Waals surface area (Å²) >= 11 is 0. The fraction of sp³-hybridized carbons (Fsp3) is 0.500. The normalized spacial score (nSPS) is 11.0. The minimum absolute atomic E-state index is 0.338. The number of rotatable bonds is 4. The van der Waals surface area contributed by atoms with Gasteiger partial charge < -0.3 is 14.4 Å². The number of nitrogens with one attached hydrogen (secondary N) is 1. The summed E-state index contributed by atoms with van der Waals surface area (Å²) in [7, 11) is 0. The summed E-state index contributed by atoms with van der Waals surface area (Å²) in [5.74, 6) is 2.04. The van der Waals surface area contributed by atoms with Crippen molar-refractivity contribution in [2.24, 2.45) is 0 Å². The van der Waals surface area contributed by atoms with Crippen LogP contribution in [0.5, 0.6) is 0 Å². The van der Waals surface area contributed by atoms with E-state index in [0.29, 0.717) is 24.3 Å². The number of hydrogen-bond acceptors (Lipinski definition) is 5. The second kappa shape index (κ2) is 4.34. The maximum absolute atomic E-state index is 5.06. The molecule has 0 bridgehead atoms. The summed E-state index contributed by atoms with van der Waals surface area (Å²) in [4.78, 5) is 8.37. The van der Waals surface area contributed by atoms with Crippen molar-refractivity contribution in [3.63, 3.8) is 0 Å². The monoisotopic (exact) mass is 221 g/mol. The maximum Gasteiger partial charge on any atom is 0.246 e. The van der Waals surface area contributed by atoms with Gasteiger partial charge in [-0.25, -0.2) is 4.98 Å². The summed E-state index contributed by atoms with van der Waals surface area (Å²) in [6, 6.07) is 0.338. The van der Waals surface area contributed by atoms with Crippen molar-refractivity contribution in [2.75, 3.05) is 5.32 Å². The van der Waals surface area contributed by atoms with Gasteiger partial charge in [0, 0.05) is 18.4 Å². The van der Waals surface area contributed by atoms with Gasteiger partial charge in [-0.15, -0.1) is 0 Å². The minimum atomic E-state index is 0.338. The van der Waals surface area contributed by atoms with Gasteiger partial charge >= 0.3 is 0 Å². The molecule has 2 aromatic rings. The van der Waals surface area contributed by atoms with Gasteiger partial charge in [-0.3, -0.25) is 0 Å². The van der Waals surface area contributed by atoms with Crippen molar-refractivity contribution in [3.8, 4) is 0 Å². The number of aromatic nitrogens is 4. The first-order valence-corrected chi connectivity index (χ1v) is 5.22. The fourth-order valence-electron chi connectivity index (χ4n) is 1.39. The van der Waals surface area contributed by atoms with E-state index in [9.17, 15) is 0 Å². The van der Waals surface area contributed by atoms with E-state index in [1.165, 1.54) is 0 Å². The predicted octanol–water partition coefficient (Wildman–Crippen LogP) is 1.44. The summed E-state index contributed by atoms with van der Waals surface area (Å²) in [5.41, 5.74) is 0. The Morgan fingerprint density at radius 2 is 2.31 bits per heavy atom. The van der Waals surface area contributed by atoms with Gasteiger partial charge in [0.25, 0.3) is 0 Å². The lowest BCUT2D eigenvalue weighted by Crippen LogP contribution is -2.15. The van der Waals surface area contributed by atoms with Gasteiger partial charge in [-0.2, -0.15) is 4.98 Å². The molecule has 0 aromatic carbocycles. The van der Waals surface area contributed by atoms with Crippen molar-refractivity contribution in [1.29, 1.82) is 0 Å². The highest BCUT2D eigenvalue weighted by molar-refractivity contribution is 5.27. The average molecular weight is 221 g/mol. The highest BCUT2D eigenvalue weighted by atomic mass is 16.5. The standard InChI is InChI=1S/C10H15N5O/c1-7(2)12-10-11-4-5-15(10)6-9-13-8(3)14-16-9/h4-5,7H,6H2,1-3H3,(H,11,12). The Balaban J connectivity index is 2.12. The molecule has 0 unspecified atom stereocenters. The van der Waals surface area contributed by atoms with Crippen LogP contribution in [0.2, 0.25) is 0 Å². The third-order valence-electron chi connectivity index (χ3n) is 2.01. The fourth-order valence-corrected chi connectivity index (χ4v) is 1.39. The molecular weight excluding hydrogens is 206 g/mol. The number of aryl methyl sites for hydroxylation is 1. The van der Waals surface area contributed by atoms with Crippen LogP contribution < -0.4 is 5.32 Å². The molecule has 2 heterocycles.